The summed E-state index contributed by atoms with van der Waals surface area (Å²) in [4.78, 5) is 14.1. The SMILES string of the molecule is CCCCN(CCCC)CC(C)(C=O)c1ccccc1. The van der Waals surface area contributed by atoms with Gasteiger partial charge in [-0.3, -0.25) is 0 Å². The molecule has 1 atom stereocenters. The molecule has 1 unspecified atom stereocenters. The molecule has 1 aromatic carbocycles. The van der Waals surface area contributed by atoms with Gasteiger partial charge in [0.25, 0.3) is 0 Å². The molecular formula is C18H29NO. The average Bonchev–Trinajstić information content (AvgIpc) is 2.50. The topological polar surface area (TPSA) is 20.3 Å². The molecule has 0 aliphatic carbocycles. The van der Waals surface area contributed by atoms with Crippen LogP contribution >= 0.6 is 0 Å². The highest BCUT2D eigenvalue weighted by atomic mass is 16.1. The molecule has 2 nitrogen and oxygen atoms in total. The Labute approximate surface area is 124 Å². The van der Waals surface area contributed by atoms with Crippen LogP contribution in [0.25, 0.3) is 0 Å². The lowest BCUT2D eigenvalue weighted by Gasteiger charge is -2.32. The number of benzene rings is 1. The molecule has 1 aromatic rings. The number of rotatable bonds is 10. The zero-order valence-electron chi connectivity index (χ0n) is 13.3. The van der Waals surface area contributed by atoms with Crippen LogP contribution in [0, 0.1) is 0 Å². The fraction of sp³-hybridized carbons (Fsp3) is 0.611. The van der Waals surface area contributed by atoms with E-state index in [0.29, 0.717) is 0 Å². The number of carbonyl (C=O) groups excluding carboxylic acids is 1. The Kier molecular flexibility index (Phi) is 7.53. The van der Waals surface area contributed by atoms with Gasteiger partial charge in [0.2, 0.25) is 0 Å². The Morgan fingerprint density at radius 2 is 1.60 bits per heavy atom. The number of hydrogen-bond donors (Lipinski definition) is 0. The van der Waals surface area contributed by atoms with Crippen LogP contribution in [-0.4, -0.2) is 30.8 Å². The molecule has 20 heavy (non-hydrogen) atoms. The first-order chi connectivity index (χ1) is 9.66. The molecule has 0 saturated heterocycles. The second kappa shape index (κ2) is 8.91. The maximum absolute atomic E-state index is 11.7. The van der Waals surface area contributed by atoms with E-state index in [1.165, 1.54) is 25.7 Å². The minimum Gasteiger partial charge on any atom is -0.302 e. The van der Waals surface area contributed by atoms with Crippen molar-refractivity contribution in [2.75, 3.05) is 19.6 Å². The van der Waals surface area contributed by atoms with Gasteiger partial charge in [-0.2, -0.15) is 0 Å². The molecule has 0 radical (unpaired) electrons. The van der Waals surface area contributed by atoms with Gasteiger partial charge in [-0.1, -0.05) is 57.0 Å². The van der Waals surface area contributed by atoms with Crippen LogP contribution in [0.2, 0.25) is 0 Å². The Hall–Kier alpha value is -1.15. The van der Waals surface area contributed by atoms with Crippen LogP contribution in [0.1, 0.15) is 52.0 Å². The predicted octanol–water partition coefficient (Wildman–Crippen LogP) is 4.05. The largest absolute Gasteiger partial charge is 0.302 e. The summed E-state index contributed by atoms with van der Waals surface area (Å²) >= 11 is 0. The van der Waals surface area contributed by atoms with E-state index >= 15 is 0 Å². The fourth-order valence-corrected chi connectivity index (χ4v) is 2.51. The predicted molar refractivity (Wildman–Crippen MR) is 86.1 cm³/mol. The molecule has 0 N–H and O–H groups in total. The highest BCUT2D eigenvalue weighted by Crippen LogP contribution is 2.23. The number of aldehydes is 1. The van der Waals surface area contributed by atoms with Gasteiger partial charge in [0.15, 0.2) is 0 Å². The third kappa shape index (κ3) is 5.09. The van der Waals surface area contributed by atoms with Gasteiger partial charge >= 0.3 is 0 Å². The van der Waals surface area contributed by atoms with Crippen molar-refractivity contribution < 1.29 is 4.79 Å². The van der Waals surface area contributed by atoms with Crippen LogP contribution in [0.3, 0.4) is 0 Å². The lowest BCUT2D eigenvalue weighted by atomic mass is 9.83. The van der Waals surface area contributed by atoms with Gasteiger partial charge in [0, 0.05) is 6.54 Å². The minimum atomic E-state index is -0.400. The zero-order chi connectivity index (χ0) is 14.8. The molecule has 0 bridgehead atoms. The normalized spacial score (nSPS) is 14.2. The van der Waals surface area contributed by atoms with Gasteiger partial charge in [0.05, 0.1) is 5.41 Å². The van der Waals surface area contributed by atoms with E-state index in [1.54, 1.807) is 0 Å². The van der Waals surface area contributed by atoms with Crippen LogP contribution < -0.4 is 0 Å². The third-order valence-corrected chi connectivity index (χ3v) is 3.90. The first-order valence-corrected chi connectivity index (χ1v) is 7.90. The summed E-state index contributed by atoms with van der Waals surface area (Å²) in [6, 6.07) is 10.2. The van der Waals surface area contributed by atoms with E-state index in [-0.39, 0.29) is 0 Å². The monoisotopic (exact) mass is 275 g/mol. The summed E-state index contributed by atoms with van der Waals surface area (Å²) in [5.41, 5.74) is 0.718. The van der Waals surface area contributed by atoms with E-state index in [9.17, 15) is 4.79 Å². The van der Waals surface area contributed by atoms with E-state index in [4.69, 9.17) is 0 Å². The summed E-state index contributed by atoms with van der Waals surface area (Å²) < 4.78 is 0. The quantitative estimate of drug-likeness (QED) is 0.601. The molecule has 0 aliphatic rings. The molecule has 0 spiro atoms. The molecular weight excluding hydrogens is 246 g/mol. The second-order valence-electron chi connectivity index (χ2n) is 5.88. The maximum atomic E-state index is 11.7. The van der Waals surface area contributed by atoms with E-state index < -0.39 is 5.41 Å². The first-order valence-electron chi connectivity index (χ1n) is 7.90. The van der Waals surface area contributed by atoms with Gasteiger partial charge in [-0.25, -0.2) is 0 Å². The number of unbranched alkanes of at least 4 members (excludes halogenated alkanes) is 2. The number of carbonyl (C=O) groups is 1. The van der Waals surface area contributed by atoms with Gasteiger partial charge in [-0.05, 0) is 38.4 Å². The van der Waals surface area contributed by atoms with Gasteiger partial charge < -0.3 is 9.69 Å². The summed E-state index contributed by atoms with van der Waals surface area (Å²) in [5.74, 6) is 0. The van der Waals surface area contributed by atoms with E-state index in [1.807, 2.05) is 18.2 Å². The lowest BCUT2D eigenvalue weighted by molar-refractivity contribution is -0.112. The third-order valence-electron chi connectivity index (χ3n) is 3.90. The molecule has 112 valence electrons. The Morgan fingerprint density at radius 3 is 2.05 bits per heavy atom. The van der Waals surface area contributed by atoms with Crippen molar-refractivity contribution in [1.82, 2.24) is 4.90 Å². The van der Waals surface area contributed by atoms with Crippen molar-refractivity contribution in [1.29, 1.82) is 0 Å². The highest BCUT2D eigenvalue weighted by Gasteiger charge is 2.28. The average molecular weight is 275 g/mol. The van der Waals surface area contributed by atoms with E-state index in [2.05, 4.69) is 37.8 Å². The van der Waals surface area contributed by atoms with Crippen molar-refractivity contribution in [3.63, 3.8) is 0 Å². The van der Waals surface area contributed by atoms with Crippen molar-refractivity contribution in [2.45, 2.75) is 51.9 Å². The van der Waals surface area contributed by atoms with Crippen LogP contribution in [0.4, 0.5) is 0 Å². The number of nitrogens with zero attached hydrogens (tertiary/aromatic N) is 1. The minimum absolute atomic E-state index is 0.400. The fourth-order valence-electron chi connectivity index (χ4n) is 2.51. The number of hydrogen-bond acceptors (Lipinski definition) is 2. The lowest BCUT2D eigenvalue weighted by Crippen LogP contribution is -2.41. The van der Waals surface area contributed by atoms with Crippen LogP contribution in [0.5, 0.6) is 0 Å². The Morgan fingerprint density at radius 1 is 1.05 bits per heavy atom. The molecule has 0 aromatic heterocycles. The summed E-state index contributed by atoms with van der Waals surface area (Å²) in [6.45, 7) is 9.49. The standard InChI is InChI=1S/C18H29NO/c1-4-6-13-19(14-7-5-2)15-18(3,16-20)17-11-9-8-10-12-17/h8-12,16H,4-7,13-15H2,1-3H3. The Balaban J connectivity index is 2.78. The van der Waals surface area contributed by atoms with Crippen molar-refractivity contribution in [3.8, 4) is 0 Å². The van der Waals surface area contributed by atoms with Gasteiger partial charge in [-0.15, -0.1) is 0 Å². The zero-order valence-corrected chi connectivity index (χ0v) is 13.3. The van der Waals surface area contributed by atoms with Crippen molar-refractivity contribution in [3.05, 3.63) is 35.9 Å². The van der Waals surface area contributed by atoms with Gasteiger partial charge in [0.1, 0.15) is 6.29 Å². The smallest absolute Gasteiger partial charge is 0.131 e. The highest BCUT2D eigenvalue weighted by molar-refractivity contribution is 5.68. The van der Waals surface area contributed by atoms with E-state index in [0.717, 1.165) is 31.5 Å². The summed E-state index contributed by atoms with van der Waals surface area (Å²) in [5, 5.41) is 0. The molecule has 0 aliphatic heterocycles. The second-order valence-corrected chi connectivity index (χ2v) is 5.88. The van der Waals surface area contributed by atoms with Crippen molar-refractivity contribution in [2.24, 2.45) is 0 Å². The van der Waals surface area contributed by atoms with Crippen LogP contribution in [0.15, 0.2) is 30.3 Å². The van der Waals surface area contributed by atoms with Crippen molar-refractivity contribution >= 4 is 6.29 Å². The maximum Gasteiger partial charge on any atom is 0.131 e. The first kappa shape index (κ1) is 16.9. The molecule has 0 fully saturated rings. The summed E-state index contributed by atoms with van der Waals surface area (Å²) in [7, 11) is 0. The molecule has 1 rings (SSSR count). The molecule has 0 amide bonds. The summed E-state index contributed by atoms with van der Waals surface area (Å²) in [6.07, 6.45) is 5.92. The van der Waals surface area contributed by atoms with Crippen LogP contribution in [-0.2, 0) is 10.2 Å². The molecule has 2 heteroatoms. The molecule has 0 heterocycles. The molecule has 0 saturated carbocycles. The Bertz CT molecular complexity index is 368.